The molecule has 2 rings (SSSR count). The lowest BCUT2D eigenvalue weighted by Gasteiger charge is -2.42. The molecule has 4 nitrogen and oxygen atoms in total. The van der Waals surface area contributed by atoms with Crippen LogP contribution in [0.15, 0.2) is 18.2 Å². The van der Waals surface area contributed by atoms with Crippen LogP contribution >= 0.6 is 11.6 Å². The van der Waals surface area contributed by atoms with Crippen LogP contribution in [0.3, 0.4) is 0 Å². The zero-order valence-corrected chi connectivity index (χ0v) is 12.2. The molecule has 5 heteroatoms. The third-order valence-electron chi connectivity index (χ3n) is 3.84. The van der Waals surface area contributed by atoms with Crippen LogP contribution in [0, 0.1) is 0 Å². The van der Waals surface area contributed by atoms with Gasteiger partial charge in [0.25, 0.3) is 5.91 Å². The lowest BCUT2D eigenvalue weighted by atomic mass is 10.1. The van der Waals surface area contributed by atoms with Gasteiger partial charge in [-0.05, 0) is 39.1 Å². The molecular weight excluding hydrogens is 264 g/mol. The Balaban J connectivity index is 2.22. The lowest BCUT2D eigenvalue weighted by molar-refractivity contribution is 0.0412. The highest BCUT2D eigenvalue weighted by atomic mass is 35.5. The first-order valence-corrected chi connectivity index (χ1v) is 6.77. The smallest absolute Gasteiger partial charge is 0.257 e. The van der Waals surface area contributed by atoms with Gasteiger partial charge in [0, 0.05) is 30.2 Å². The summed E-state index contributed by atoms with van der Waals surface area (Å²) in [5, 5.41) is 10.3. The van der Waals surface area contributed by atoms with Gasteiger partial charge in [-0.15, -0.1) is 0 Å². The summed E-state index contributed by atoms with van der Waals surface area (Å²) < 4.78 is 0. The number of rotatable bonds is 1. The van der Waals surface area contributed by atoms with Crippen molar-refractivity contribution >= 4 is 17.5 Å². The zero-order valence-electron chi connectivity index (χ0n) is 11.4. The molecule has 1 N–H and O–H groups in total. The fourth-order valence-corrected chi connectivity index (χ4v) is 2.59. The highest BCUT2D eigenvalue weighted by molar-refractivity contribution is 6.31. The number of nitrogens with zero attached hydrogens (tertiary/aromatic N) is 2. The SMILES string of the molecule is CC1CN(C(=O)c2cc(Cl)ccc2O)CC(C)N1C. The van der Waals surface area contributed by atoms with Gasteiger partial charge in [0.2, 0.25) is 0 Å². The van der Waals surface area contributed by atoms with Gasteiger partial charge < -0.3 is 10.0 Å². The number of phenols is 1. The van der Waals surface area contributed by atoms with Crippen LogP contribution in [0.4, 0.5) is 0 Å². The van der Waals surface area contributed by atoms with Crippen molar-refractivity contribution in [3.05, 3.63) is 28.8 Å². The molecule has 1 aromatic carbocycles. The Kier molecular flexibility index (Phi) is 4.02. The van der Waals surface area contributed by atoms with Crippen molar-refractivity contribution in [2.45, 2.75) is 25.9 Å². The van der Waals surface area contributed by atoms with Gasteiger partial charge in [-0.2, -0.15) is 0 Å². The summed E-state index contributed by atoms with van der Waals surface area (Å²) in [6.45, 7) is 5.50. The average Bonchev–Trinajstić information content (AvgIpc) is 2.37. The topological polar surface area (TPSA) is 43.8 Å². The molecule has 1 fully saturated rings. The van der Waals surface area contributed by atoms with Gasteiger partial charge in [-0.3, -0.25) is 9.69 Å². The minimum Gasteiger partial charge on any atom is -0.507 e. The molecule has 2 atom stereocenters. The number of piperazine rings is 1. The van der Waals surface area contributed by atoms with E-state index in [1.54, 1.807) is 11.0 Å². The molecule has 0 aromatic heterocycles. The summed E-state index contributed by atoms with van der Waals surface area (Å²) in [5.41, 5.74) is 0.274. The van der Waals surface area contributed by atoms with Crippen molar-refractivity contribution in [3.8, 4) is 5.75 Å². The summed E-state index contributed by atoms with van der Waals surface area (Å²) in [6.07, 6.45) is 0. The number of amides is 1. The maximum absolute atomic E-state index is 12.5. The van der Waals surface area contributed by atoms with E-state index in [2.05, 4.69) is 25.8 Å². The molecule has 104 valence electrons. The summed E-state index contributed by atoms with van der Waals surface area (Å²) in [7, 11) is 2.06. The maximum atomic E-state index is 12.5. The monoisotopic (exact) mass is 282 g/mol. The largest absolute Gasteiger partial charge is 0.507 e. The summed E-state index contributed by atoms with van der Waals surface area (Å²) in [4.78, 5) is 16.5. The minimum atomic E-state index is -0.160. The van der Waals surface area contributed by atoms with E-state index in [4.69, 9.17) is 11.6 Å². The Morgan fingerprint density at radius 2 is 1.89 bits per heavy atom. The van der Waals surface area contributed by atoms with Crippen LogP contribution in [0.25, 0.3) is 0 Å². The number of halogens is 1. The van der Waals surface area contributed by atoms with Crippen LogP contribution < -0.4 is 0 Å². The van der Waals surface area contributed by atoms with Gasteiger partial charge in [0.15, 0.2) is 0 Å². The quantitative estimate of drug-likeness (QED) is 0.859. The Morgan fingerprint density at radius 1 is 1.32 bits per heavy atom. The number of phenolic OH excluding ortho intramolecular Hbond substituents is 1. The molecular formula is C14H19ClN2O2. The molecule has 1 saturated heterocycles. The van der Waals surface area contributed by atoms with E-state index in [0.29, 0.717) is 30.2 Å². The molecule has 2 unspecified atom stereocenters. The fraction of sp³-hybridized carbons (Fsp3) is 0.500. The molecule has 0 bridgehead atoms. The fourth-order valence-electron chi connectivity index (χ4n) is 2.42. The van der Waals surface area contributed by atoms with Crippen molar-refractivity contribution in [2.75, 3.05) is 20.1 Å². The first-order valence-electron chi connectivity index (χ1n) is 6.40. The average molecular weight is 283 g/mol. The van der Waals surface area contributed by atoms with Crippen molar-refractivity contribution < 1.29 is 9.90 Å². The molecule has 0 saturated carbocycles. The van der Waals surface area contributed by atoms with Gasteiger partial charge in [-0.1, -0.05) is 11.6 Å². The Hall–Kier alpha value is -1.26. The normalized spacial score (nSPS) is 24.5. The van der Waals surface area contributed by atoms with E-state index in [-0.39, 0.29) is 17.2 Å². The number of benzene rings is 1. The van der Waals surface area contributed by atoms with Crippen molar-refractivity contribution in [1.29, 1.82) is 0 Å². The highest BCUT2D eigenvalue weighted by Crippen LogP contribution is 2.24. The van der Waals surface area contributed by atoms with E-state index >= 15 is 0 Å². The predicted molar refractivity (Wildman–Crippen MR) is 75.7 cm³/mol. The number of carbonyl (C=O) groups is 1. The molecule has 1 aliphatic heterocycles. The van der Waals surface area contributed by atoms with Crippen LogP contribution in [-0.2, 0) is 0 Å². The number of hydrogen-bond acceptors (Lipinski definition) is 3. The second-order valence-corrected chi connectivity index (χ2v) is 5.67. The second kappa shape index (κ2) is 5.39. The highest BCUT2D eigenvalue weighted by Gasteiger charge is 2.30. The third-order valence-corrected chi connectivity index (χ3v) is 4.07. The second-order valence-electron chi connectivity index (χ2n) is 5.24. The Bertz CT molecular complexity index is 480. The molecule has 0 radical (unpaired) electrons. The predicted octanol–water partition coefficient (Wildman–Crippen LogP) is 2.21. The van der Waals surface area contributed by atoms with Gasteiger partial charge in [0.05, 0.1) is 5.56 Å². The molecule has 0 spiro atoms. The first-order chi connectivity index (χ1) is 8.90. The van der Waals surface area contributed by atoms with Crippen molar-refractivity contribution in [2.24, 2.45) is 0 Å². The molecule has 1 amide bonds. The van der Waals surface area contributed by atoms with E-state index < -0.39 is 0 Å². The van der Waals surface area contributed by atoms with Crippen molar-refractivity contribution in [1.82, 2.24) is 9.80 Å². The van der Waals surface area contributed by atoms with Crippen LogP contribution in [0.2, 0.25) is 5.02 Å². The van der Waals surface area contributed by atoms with E-state index in [9.17, 15) is 9.90 Å². The maximum Gasteiger partial charge on any atom is 0.257 e. The molecule has 19 heavy (non-hydrogen) atoms. The van der Waals surface area contributed by atoms with Gasteiger partial charge in [-0.25, -0.2) is 0 Å². The minimum absolute atomic E-state index is 0.0198. The molecule has 0 aliphatic carbocycles. The zero-order chi connectivity index (χ0) is 14.2. The third kappa shape index (κ3) is 2.85. The summed E-state index contributed by atoms with van der Waals surface area (Å²) in [6, 6.07) is 5.15. The van der Waals surface area contributed by atoms with Crippen LogP contribution in [0.1, 0.15) is 24.2 Å². The first kappa shape index (κ1) is 14.2. The van der Waals surface area contributed by atoms with Gasteiger partial charge in [0.1, 0.15) is 5.75 Å². The number of likely N-dealkylation sites (N-methyl/N-ethyl adjacent to an activating group) is 1. The van der Waals surface area contributed by atoms with Gasteiger partial charge >= 0.3 is 0 Å². The van der Waals surface area contributed by atoms with E-state index in [1.165, 1.54) is 12.1 Å². The summed E-state index contributed by atoms with van der Waals surface area (Å²) in [5.74, 6) is -0.180. The number of carbonyl (C=O) groups excluding carboxylic acids is 1. The molecule has 1 aliphatic rings. The van der Waals surface area contributed by atoms with E-state index in [0.717, 1.165) is 0 Å². The van der Waals surface area contributed by atoms with Crippen LogP contribution in [-0.4, -0.2) is 53.0 Å². The lowest BCUT2D eigenvalue weighted by Crippen LogP contribution is -2.56. The summed E-state index contributed by atoms with van der Waals surface area (Å²) >= 11 is 5.89. The molecule has 1 aromatic rings. The van der Waals surface area contributed by atoms with Crippen molar-refractivity contribution in [3.63, 3.8) is 0 Å². The van der Waals surface area contributed by atoms with Crippen LogP contribution in [0.5, 0.6) is 5.75 Å². The Morgan fingerprint density at radius 3 is 2.47 bits per heavy atom. The number of aromatic hydroxyl groups is 1. The Labute approximate surface area is 118 Å². The standard InChI is InChI=1S/C14H19ClN2O2/c1-9-7-17(8-10(2)16(9)3)14(19)12-6-11(15)4-5-13(12)18/h4-6,9-10,18H,7-8H2,1-3H3. The number of hydrogen-bond donors (Lipinski definition) is 1. The van der Waals surface area contributed by atoms with E-state index in [1.807, 2.05) is 0 Å². The molecule has 1 heterocycles.